The van der Waals surface area contributed by atoms with Gasteiger partial charge >= 0.3 is 6.09 Å². The molecule has 0 unspecified atom stereocenters. The lowest BCUT2D eigenvalue weighted by Crippen LogP contribution is -2.59. The van der Waals surface area contributed by atoms with E-state index in [1.54, 1.807) is 13.1 Å². The van der Waals surface area contributed by atoms with Gasteiger partial charge in [-0.05, 0) is 75.5 Å². The first kappa shape index (κ1) is 37.7. The Kier molecular flexibility index (Phi) is 9.94. The molecule has 3 aliphatic heterocycles. The van der Waals surface area contributed by atoms with Gasteiger partial charge in [-0.2, -0.15) is 0 Å². The Hall–Kier alpha value is -4.60. The Balaban J connectivity index is 1.23. The van der Waals surface area contributed by atoms with E-state index in [0.29, 0.717) is 49.8 Å². The third kappa shape index (κ3) is 7.04. The normalized spacial score (nSPS) is 31.3. The number of anilines is 1. The van der Waals surface area contributed by atoms with Gasteiger partial charge in [0.25, 0.3) is 5.91 Å². The van der Waals surface area contributed by atoms with Crippen LogP contribution in [0.2, 0.25) is 0 Å². The zero-order chi connectivity index (χ0) is 38.6. The number of nitrogens with one attached hydrogen (secondary N) is 3. The Morgan fingerprint density at radius 3 is 2.67 bits per heavy atom. The molecule has 2 saturated carbocycles. The number of benzene rings is 1. The first-order chi connectivity index (χ1) is 25.7. The predicted molar refractivity (Wildman–Crippen MR) is 200 cm³/mol. The maximum atomic E-state index is 14.6. The quantitative estimate of drug-likeness (QED) is 0.302. The molecule has 7 rings (SSSR count). The zero-order valence-corrected chi connectivity index (χ0v) is 32.0. The van der Waals surface area contributed by atoms with E-state index < -0.39 is 68.2 Å². The number of carbonyl (C=O) groups is 4. The van der Waals surface area contributed by atoms with Gasteiger partial charge in [0.05, 0.1) is 23.5 Å². The number of amides is 4. The largest absolute Gasteiger partial charge is 0.489 e. The van der Waals surface area contributed by atoms with Crippen LogP contribution in [0.25, 0.3) is 10.8 Å². The molecule has 292 valence electrons. The minimum atomic E-state index is -4.00. The van der Waals surface area contributed by atoms with Gasteiger partial charge in [0, 0.05) is 36.4 Å². The molecule has 5 aliphatic rings. The summed E-state index contributed by atoms with van der Waals surface area (Å²) in [5.74, 6) is -1.73. The van der Waals surface area contributed by atoms with Crippen LogP contribution in [0.1, 0.15) is 72.1 Å². The van der Waals surface area contributed by atoms with E-state index in [2.05, 4.69) is 32.2 Å². The summed E-state index contributed by atoms with van der Waals surface area (Å²) in [6.07, 6.45) is 6.88. The molecule has 4 heterocycles. The maximum Gasteiger partial charge on any atom is 0.405 e. The van der Waals surface area contributed by atoms with Crippen molar-refractivity contribution in [1.29, 1.82) is 0 Å². The summed E-state index contributed by atoms with van der Waals surface area (Å²) in [6, 6.07) is 3.37. The van der Waals surface area contributed by atoms with Crippen LogP contribution in [0.3, 0.4) is 0 Å². The average Bonchev–Trinajstić information content (AvgIpc) is 4.01. The van der Waals surface area contributed by atoms with E-state index in [0.717, 1.165) is 24.0 Å². The molecule has 0 spiro atoms. The summed E-state index contributed by atoms with van der Waals surface area (Å²) in [5, 5.41) is 16.7. The van der Waals surface area contributed by atoms with E-state index in [4.69, 9.17) is 9.47 Å². The molecule has 0 bridgehead atoms. The van der Waals surface area contributed by atoms with Crippen LogP contribution in [0.5, 0.6) is 11.6 Å². The molecule has 15 nitrogen and oxygen atoms in total. The standard InChI is InChI=1S/C38H50N6O9S/c1-5-23-18-22(2)8-6-7-9-24-20-38(24,35(47)42-54(50,51)37(3)13-14-37)41-32(45)29-19-25(21-44(29)34(46)30(23)40-36(48)49)53-33-27-10-11-28-31(26(27)12-15-39-33)52-17-16-43(28)4/h7,9-12,15,22-25,29-30,40H,5-6,8,13-14,16-21H2,1-4H3,(H,41,45)(H,42,47)(H,48,49)/b9-7-/t22-,23-,24-,25-,29+,30+,38-/m1/s1. The summed E-state index contributed by atoms with van der Waals surface area (Å²) >= 11 is 0. The van der Waals surface area contributed by atoms with Crippen LogP contribution in [0, 0.1) is 17.8 Å². The molecule has 7 atom stereocenters. The number of nitrogens with zero attached hydrogens (tertiary/aromatic N) is 3. The van der Waals surface area contributed by atoms with Crippen LogP contribution in [0.4, 0.5) is 10.5 Å². The van der Waals surface area contributed by atoms with E-state index in [1.165, 1.54) is 4.90 Å². The molecule has 54 heavy (non-hydrogen) atoms. The Morgan fingerprint density at radius 1 is 1.17 bits per heavy atom. The number of pyridine rings is 1. The second-order valence-corrected chi connectivity index (χ2v) is 18.2. The molecule has 1 aromatic heterocycles. The van der Waals surface area contributed by atoms with E-state index in [-0.39, 0.29) is 37.1 Å². The third-order valence-electron chi connectivity index (χ3n) is 12.1. The fraction of sp³-hybridized carbons (Fsp3) is 0.605. The number of carboxylic acid groups (broad SMARTS) is 1. The molecular formula is C38H50N6O9S. The van der Waals surface area contributed by atoms with Gasteiger partial charge in [0.15, 0.2) is 5.75 Å². The van der Waals surface area contributed by atoms with Crippen LogP contribution < -0.4 is 29.7 Å². The van der Waals surface area contributed by atoms with Crippen molar-refractivity contribution in [2.75, 3.05) is 31.6 Å². The number of allylic oxidation sites excluding steroid dienone is 1. The van der Waals surface area contributed by atoms with E-state index in [9.17, 15) is 32.7 Å². The van der Waals surface area contributed by atoms with Gasteiger partial charge < -0.3 is 35.0 Å². The van der Waals surface area contributed by atoms with Crippen molar-refractivity contribution < 1.29 is 42.2 Å². The number of aromatic nitrogens is 1. The van der Waals surface area contributed by atoms with Gasteiger partial charge in [0.2, 0.25) is 27.7 Å². The highest BCUT2D eigenvalue weighted by atomic mass is 32.2. The van der Waals surface area contributed by atoms with Crippen molar-refractivity contribution in [2.45, 2.75) is 101 Å². The number of fused-ring (bicyclic) bond motifs is 5. The first-order valence-electron chi connectivity index (χ1n) is 18.9. The lowest BCUT2D eigenvalue weighted by Gasteiger charge is -2.33. The molecule has 0 radical (unpaired) electrons. The summed E-state index contributed by atoms with van der Waals surface area (Å²) < 4.78 is 40.1. The second kappa shape index (κ2) is 14.2. The predicted octanol–water partition coefficient (Wildman–Crippen LogP) is 3.32. The number of carbonyl (C=O) groups excluding carboxylic acids is 3. The summed E-state index contributed by atoms with van der Waals surface area (Å²) in [4.78, 5) is 63.0. The molecule has 2 aliphatic carbocycles. The molecular weight excluding hydrogens is 717 g/mol. The van der Waals surface area contributed by atoms with Crippen molar-refractivity contribution in [3.8, 4) is 11.6 Å². The minimum absolute atomic E-state index is 0.0153. The zero-order valence-electron chi connectivity index (χ0n) is 31.2. The van der Waals surface area contributed by atoms with Gasteiger partial charge in [-0.15, -0.1) is 0 Å². The lowest BCUT2D eigenvalue weighted by molar-refractivity contribution is -0.142. The monoisotopic (exact) mass is 766 g/mol. The second-order valence-electron chi connectivity index (χ2n) is 16.0. The highest BCUT2D eigenvalue weighted by molar-refractivity contribution is 7.91. The highest BCUT2D eigenvalue weighted by Gasteiger charge is 2.63. The SMILES string of the molecule is CC[C@@H]1C[C@H](C)CC/C=C\[C@@H]2C[C@@]2(C(=O)NS(=O)(=O)C2(C)CC2)NC(=O)[C@@H]2C[C@@H](Oc3nccc4c5c(ccc34)N(C)CCO5)CN2C(=O)[C@H]1NC(=O)O. The van der Waals surface area contributed by atoms with Gasteiger partial charge in [0.1, 0.15) is 30.3 Å². The number of ether oxygens (including phenoxy) is 2. The number of sulfonamides is 1. The van der Waals surface area contributed by atoms with Crippen molar-refractivity contribution in [3.05, 3.63) is 36.5 Å². The van der Waals surface area contributed by atoms with Gasteiger partial charge in [-0.25, -0.2) is 18.2 Å². The third-order valence-corrected chi connectivity index (χ3v) is 14.2. The van der Waals surface area contributed by atoms with Gasteiger partial charge in [-0.3, -0.25) is 19.1 Å². The number of hydrogen-bond acceptors (Lipinski definition) is 10. The maximum absolute atomic E-state index is 14.6. The lowest BCUT2D eigenvalue weighted by atomic mass is 9.85. The molecule has 16 heteroatoms. The summed E-state index contributed by atoms with van der Waals surface area (Å²) in [5.41, 5.74) is -0.610. The molecule has 3 fully saturated rings. The van der Waals surface area contributed by atoms with Crippen LogP contribution in [0.15, 0.2) is 36.5 Å². The van der Waals surface area contributed by atoms with Crippen molar-refractivity contribution in [1.82, 2.24) is 25.2 Å². The smallest absolute Gasteiger partial charge is 0.405 e. The minimum Gasteiger partial charge on any atom is -0.489 e. The van der Waals surface area contributed by atoms with Crippen LogP contribution >= 0.6 is 0 Å². The fourth-order valence-corrected chi connectivity index (χ4v) is 9.56. The average molecular weight is 767 g/mol. The van der Waals surface area contributed by atoms with Crippen molar-refractivity contribution in [3.63, 3.8) is 0 Å². The molecule has 1 aromatic carbocycles. The van der Waals surface area contributed by atoms with Gasteiger partial charge in [-0.1, -0.05) is 32.4 Å². The summed E-state index contributed by atoms with van der Waals surface area (Å²) in [7, 11) is -2.01. The summed E-state index contributed by atoms with van der Waals surface area (Å²) in [6.45, 7) is 6.75. The Labute approximate surface area is 315 Å². The molecule has 4 amide bonds. The highest BCUT2D eigenvalue weighted by Crippen LogP contribution is 2.48. The Bertz CT molecular complexity index is 1990. The number of likely N-dealkylation sites (N-methyl/N-ethyl adjacent to an activating group) is 1. The number of hydrogen-bond donors (Lipinski definition) is 4. The number of rotatable bonds is 7. The van der Waals surface area contributed by atoms with Crippen molar-refractivity contribution in [2.24, 2.45) is 17.8 Å². The van der Waals surface area contributed by atoms with E-state index in [1.807, 2.05) is 44.3 Å². The van der Waals surface area contributed by atoms with E-state index >= 15 is 0 Å². The Morgan fingerprint density at radius 2 is 1.94 bits per heavy atom. The van der Waals surface area contributed by atoms with Crippen molar-refractivity contribution >= 4 is 50.3 Å². The molecule has 4 N–H and O–H groups in total. The fourth-order valence-electron chi connectivity index (χ4n) is 8.25. The van der Waals surface area contributed by atoms with Crippen LogP contribution in [-0.2, 0) is 24.4 Å². The molecule has 2 aromatic rings. The topological polar surface area (TPSA) is 197 Å². The molecule has 1 saturated heterocycles. The van der Waals surface area contributed by atoms with Crippen LogP contribution in [-0.4, -0.2) is 102 Å². The first-order valence-corrected chi connectivity index (χ1v) is 20.4.